The highest BCUT2D eigenvalue weighted by Crippen LogP contribution is 2.30. The van der Waals surface area contributed by atoms with Crippen molar-refractivity contribution in [3.05, 3.63) is 66.6 Å². The molecule has 90 valence electrons. The molecule has 0 radical (unpaired) electrons. The van der Waals surface area contributed by atoms with Crippen LogP contribution in [0.4, 0.5) is 4.39 Å². The van der Waals surface area contributed by atoms with Crippen LogP contribution in [0, 0.1) is 5.82 Å². The summed E-state index contributed by atoms with van der Waals surface area (Å²) in [7, 11) is 0. The SMILES string of the molecule is Fc1cccc2c1ccc1c3ccccc3cnc21. The Morgan fingerprint density at radius 2 is 1.42 bits per heavy atom. The lowest BCUT2D eigenvalue weighted by Gasteiger charge is -2.06. The summed E-state index contributed by atoms with van der Waals surface area (Å²) in [6, 6.07) is 17.0. The molecule has 1 heterocycles. The van der Waals surface area contributed by atoms with Crippen molar-refractivity contribution in [2.75, 3.05) is 0 Å². The van der Waals surface area contributed by atoms with Crippen molar-refractivity contribution in [3.8, 4) is 0 Å². The van der Waals surface area contributed by atoms with Gasteiger partial charge in [-0.1, -0.05) is 48.5 Å². The van der Waals surface area contributed by atoms with E-state index in [-0.39, 0.29) is 5.82 Å². The van der Waals surface area contributed by atoms with Crippen LogP contribution < -0.4 is 0 Å². The van der Waals surface area contributed by atoms with Gasteiger partial charge in [0.15, 0.2) is 0 Å². The maximum Gasteiger partial charge on any atom is 0.131 e. The van der Waals surface area contributed by atoms with Crippen molar-refractivity contribution >= 4 is 32.4 Å². The van der Waals surface area contributed by atoms with Crippen molar-refractivity contribution in [3.63, 3.8) is 0 Å². The molecule has 0 aliphatic rings. The zero-order chi connectivity index (χ0) is 12.8. The van der Waals surface area contributed by atoms with Gasteiger partial charge in [-0.05, 0) is 11.5 Å². The highest BCUT2D eigenvalue weighted by molar-refractivity contribution is 6.14. The predicted molar refractivity (Wildman–Crippen MR) is 76.7 cm³/mol. The van der Waals surface area contributed by atoms with E-state index in [2.05, 4.69) is 11.1 Å². The molecule has 0 bridgehead atoms. The summed E-state index contributed by atoms with van der Waals surface area (Å²) in [6.45, 7) is 0. The molecule has 2 heteroatoms. The van der Waals surface area contributed by atoms with E-state index in [1.54, 1.807) is 6.07 Å². The fourth-order valence-corrected chi connectivity index (χ4v) is 2.65. The number of pyridine rings is 1. The number of benzene rings is 3. The second-order valence-electron chi connectivity index (χ2n) is 4.64. The molecule has 0 unspecified atom stereocenters. The van der Waals surface area contributed by atoms with Gasteiger partial charge < -0.3 is 0 Å². The Balaban J connectivity index is 2.29. The Bertz CT molecular complexity index is 928. The molecule has 0 amide bonds. The Hall–Kier alpha value is -2.48. The fraction of sp³-hybridized carbons (Fsp3) is 0. The number of halogens is 1. The van der Waals surface area contributed by atoms with E-state index in [9.17, 15) is 4.39 Å². The number of nitrogens with zero attached hydrogens (tertiary/aromatic N) is 1. The van der Waals surface area contributed by atoms with E-state index in [1.165, 1.54) is 6.07 Å². The lowest BCUT2D eigenvalue weighted by molar-refractivity contribution is 0.640. The van der Waals surface area contributed by atoms with Gasteiger partial charge in [-0.3, -0.25) is 4.98 Å². The zero-order valence-electron chi connectivity index (χ0n) is 10.1. The van der Waals surface area contributed by atoms with Gasteiger partial charge in [-0.25, -0.2) is 4.39 Å². The molecule has 0 fully saturated rings. The molecule has 0 saturated carbocycles. The van der Waals surface area contributed by atoms with Gasteiger partial charge in [-0.2, -0.15) is 0 Å². The first-order chi connectivity index (χ1) is 9.34. The molecule has 0 aliphatic heterocycles. The molecule has 1 nitrogen and oxygen atoms in total. The molecule has 0 spiro atoms. The summed E-state index contributed by atoms with van der Waals surface area (Å²) in [4.78, 5) is 4.51. The summed E-state index contributed by atoms with van der Waals surface area (Å²) in [5, 5.41) is 4.81. The van der Waals surface area contributed by atoms with Gasteiger partial charge >= 0.3 is 0 Å². The average Bonchev–Trinajstić information content (AvgIpc) is 2.47. The second-order valence-corrected chi connectivity index (χ2v) is 4.64. The van der Waals surface area contributed by atoms with Crippen molar-refractivity contribution in [2.45, 2.75) is 0 Å². The lowest BCUT2D eigenvalue weighted by Crippen LogP contribution is -1.86. The van der Waals surface area contributed by atoms with E-state index in [1.807, 2.05) is 42.6 Å². The molecule has 1 aromatic heterocycles. The van der Waals surface area contributed by atoms with Crippen LogP contribution in [0.15, 0.2) is 60.8 Å². The van der Waals surface area contributed by atoms with Gasteiger partial charge in [0.05, 0.1) is 5.52 Å². The topological polar surface area (TPSA) is 12.9 Å². The second kappa shape index (κ2) is 3.75. The fourth-order valence-electron chi connectivity index (χ4n) is 2.65. The Morgan fingerprint density at radius 3 is 2.37 bits per heavy atom. The molecule has 4 rings (SSSR count). The maximum absolute atomic E-state index is 13.8. The Morgan fingerprint density at radius 1 is 0.684 bits per heavy atom. The van der Waals surface area contributed by atoms with Crippen LogP contribution in [0.5, 0.6) is 0 Å². The molecular formula is C17H10FN. The quantitative estimate of drug-likeness (QED) is 0.411. The zero-order valence-corrected chi connectivity index (χ0v) is 10.1. The normalized spacial score (nSPS) is 11.4. The van der Waals surface area contributed by atoms with Crippen molar-refractivity contribution in [1.29, 1.82) is 0 Å². The van der Waals surface area contributed by atoms with Crippen molar-refractivity contribution in [2.24, 2.45) is 0 Å². The average molecular weight is 247 g/mol. The predicted octanol–water partition coefficient (Wildman–Crippen LogP) is 4.68. The van der Waals surface area contributed by atoms with Gasteiger partial charge in [0, 0.05) is 27.7 Å². The van der Waals surface area contributed by atoms with Crippen molar-refractivity contribution in [1.82, 2.24) is 4.98 Å². The summed E-state index contributed by atoms with van der Waals surface area (Å²) in [5.74, 6) is -0.200. The third-order valence-electron chi connectivity index (χ3n) is 3.56. The first kappa shape index (κ1) is 10.4. The van der Waals surface area contributed by atoms with Crippen LogP contribution in [0.3, 0.4) is 0 Å². The van der Waals surface area contributed by atoms with Crippen LogP contribution in [0.25, 0.3) is 32.4 Å². The van der Waals surface area contributed by atoms with E-state index in [0.29, 0.717) is 5.39 Å². The van der Waals surface area contributed by atoms with E-state index < -0.39 is 0 Å². The van der Waals surface area contributed by atoms with Crippen LogP contribution >= 0.6 is 0 Å². The minimum Gasteiger partial charge on any atom is -0.255 e. The third-order valence-corrected chi connectivity index (χ3v) is 3.56. The van der Waals surface area contributed by atoms with Gasteiger partial charge in [0.25, 0.3) is 0 Å². The molecule has 19 heavy (non-hydrogen) atoms. The Kier molecular flexibility index (Phi) is 2.06. The number of aromatic nitrogens is 1. The molecule has 0 aliphatic carbocycles. The maximum atomic E-state index is 13.8. The molecular weight excluding hydrogens is 237 g/mol. The highest BCUT2D eigenvalue weighted by atomic mass is 19.1. The van der Waals surface area contributed by atoms with E-state index in [0.717, 1.165) is 27.1 Å². The lowest BCUT2D eigenvalue weighted by atomic mass is 10.0. The number of rotatable bonds is 0. The van der Waals surface area contributed by atoms with Gasteiger partial charge in [0.2, 0.25) is 0 Å². The summed E-state index contributed by atoms with van der Waals surface area (Å²) in [6.07, 6.45) is 1.85. The highest BCUT2D eigenvalue weighted by Gasteiger charge is 2.07. The Labute approximate surface area is 109 Å². The first-order valence-electron chi connectivity index (χ1n) is 6.19. The molecule has 3 aromatic carbocycles. The smallest absolute Gasteiger partial charge is 0.131 e. The number of hydrogen-bond acceptors (Lipinski definition) is 1. The summed E-state index contributed by atoms with van der Waals surface area (Å²) in [5.41, 5.74) is 0.857. The molecule has 0 saturated heterocycles. The van der Waals surface area contributed by atoms with E-state index >= 15 is 0 Å². The van der Waals surface area contributed by atoms with Crippen LogP contribution in [-0.4, -0.2) is 4.98 Å². The minimum absolute atomic E-state index is 0.200. The van der Waals surface area contributed by atoms with Crippen molar-refractivity contribution < 1.29 is 4.39 Å². The molecule has 4 aromatic rings. The van der Waals surface area contributed by atoms with E-state index in [4.69, 9.17) is 0 Å². The number of fused-ring (bicyclic) bond motifs is 5. The third kappa shape index (κ3) is 1.43. The van der Waals surface area contributed by atoms with Crippen LogP contribution in [-0.2, 0) is 0 Å². The monoisotopic (exact) mass is 247 g/mol. The minimum atomic E-state index is -0.200. The standard InChI is InChI=1S/C17H10FN/c18-16-7-3-6-14-13(16)8-9-15-12-5-2-1-4-11(12)10-19-17(14)15/h1-10H. The molecule has 0 atom stereocenters. The van der Waals surface area contributed by atoms with Gasteiger partial charge in [0.1, 0.15) is 5.82 Å². The van der Waals surface area contributed by atoms with Crippen LogP contribution in [0.1, 0.15) is 0 Å². The number of hydrogen-bond donors (Lipinski definition) is 0. The van der Waals surface area contributed by atoms with Gasteiger partial charge in [-0.15, -0.1) is 0 Å². The first-order valence-corrected chi connectivity index (χ1v) is 6.19. The summed E-state index contributed by atoms with van der Waals surface area (Å²) >= 11 is 0. The summed E-state index contributed by atoms with van der Waals surface area (Å²) < 4.78 is 13.8. The largest absolute Gasteiger partial charge is 0.255 e. The van der Waals surface area contributed by atoms with Crippen LogP contribution in [0.2, 0.25) is 0 Å². The molecule has 0 N–H and O–H groups in total.